The second-order valence-corrected chi connectivity index (χ2v) is 5.27. The second-order valence-electron chi connectivity index (χ2n) is 5.27. The summed E-state index contributed by atoms with van der Waals surface area (Å²) in [4.78, 5) is 16.5. The molecule has 1 aromatic heterocycles. The lowest BCUT2D eigenvalue weighted by atomic mass is 9.94. The average molecular weight is 273 g/mol. The van der Waals surface area contributed by atoms with Crippen LogP contribution < -0.4 is 10.2 Å². The lowest BCUT2D eigenvalue weighted by Gasteiger charge is -2.24. The van der Waals surface area contributed by atoms with Gasteiger partial charge in [0.15, 0.2) is 0 Å². The molecule has 2 atom stereocenters. The molecule has 104 valence electrons. The third-order valence-corrected chi connectivity index (χ3v) is 4.09. The van der Waals surface area contributed by atoms with Crippen molar-refractivity contribution in [2.75, 3.05) is 24.5 Å². The Morgan fingerprint density at radius 1 is 1.50 bits per heavy atom. The normalized spacial score (nSPS) is 25.1. The van der Waals surface area contributed by atoms with Crippen molar-refractivity contribution in [3.63, 3.8) is 0 Å². The maximum Gasteiger partial charge on any atom is 0.305 e. The predicted molar refractivity (Wildman–Crippen MR) is 72.3 cm³/mol. The summed E-state index contributed by atoms with van der Waals surface area (Å²) in [6.07, 6.45) is 2.39. The van der Waals surface area contributed by atoms with E-state index < -0.39 is 4.92 Å². The molecule has 2 saturated heterocycles. The molecule has 0 aliphatic carbocycles. The number of rotatable bonds is 2. The predicted octanol–water partition coefficient (Wildman–Crippen LogP) is 1.05. The van der Waals surface area contributed by atoms with E-state index in [1.54, 1.807) is 6.07 Å². The van der Waals surface area contributed by atoms with E-state index in [0.29, 0.717) is 17.8 Å². The van der Waals surface area contributed by atoms with Crippen LogP contribution in [-0.2, 0) is 0 Å². The molecule has 3 heterocycles. The van der Waals surface area contributed by atoms with Gasteiger partial charge in [-0.1, -0.05) is 0 Å². The van der Waals surface area contributed by atoms with Gasteiger partial charge in [-0.3, -0.25) is 10.1 Å². The minimum absolute atomic E-state index is 0.115. The zero-order valence-electron chi connectivity index (χ0n) is 11.0. The second kappa shape index (κ2) is 5.06. The summed E-state index contributed by atoms with van der Waals surface area (Å²) >= 11 is 0. The number of nitro groups is 1. The standard InChI is InChI=1S/C13H15N5O2/c14-6-10-12(18(19)20)3-4-13(16-10)17-7-9-2-1-5-15-11(9)8-17/h3-4,9,11,15H,1-2,5,7-8H2. The quantitative estimate of drug-likeness (QED) is 0.639. The van der Waals surface area contributed by atoms with Crippen LogP contribution >= 0.6 is 0 Å². The van der Waals surface area contributed by atoms with Gasteiger partial charge in [0.2, 0.25) is 5.69 Å². The molecule has 0 radical (unpaired) electrons. The number of piperidine rings is 1. The van der Waals surface area contributed by atoms with E-state index in [2.05, 4.69) is 15.2 Å². The molecule has 0 saturated carbocycles. The molecule has 2 fully saturated rings. The summed E-state index contributed by atoms with van der Waals surface area (Å²) in [5.74, 6) is 1.26. The summed E-state index contributed by atoms with van der Waals surface area (Å²) in [5.41, 5.74) is -0.346. The van der Waals surface area contributed by atoms with Crippen LogP contribution in [0.5, 0.6) is 0 Å². The van der Waals surface area contributed by atoms with Crippen molar-refractivity contribution < 1.29 is 4.92 Å². The van der Waals surface area contributed by atoms with E-state index in [1.165, 1.54) is 18.9 Å². The number of hydrogen-bond donors (Lipinski definition) is 1. The zero-order chi connectivity index (χ0) is 14.1. The first-order valence-corrected chi connectivity index (χ1v) is 6.73. The molecule has 0 spiro atoms. The van der Waals surface area contributed by atoms with E-state index in [-0.39, 0.29) is 11.4 Å². The maximum absolute atomic E-state index is 10.8. The van der Waals surface area contributed by atoms with Gasteiger partial charge in [0.05, 0.1) is 4.92 Å². The Balaban J connectivity index is 1.85. The maximum atomic E-state index is 10.8. The van der Waals surface area contributed by atoms with Gasteiger partial charge in [-0.25, -0.2) is 4.98 Å². The molecule has 3 rings (SSSR count). The Kier molecular flexibility index (Phi) is 3.24. The Bertz CT molecular complexity index is 569. The molecule has 0 amide bonds. The molecular formula is C13H15N5O2. The Hall–Kier alpha value is -2.20. The van der Waals surface area contributed by atoms with Crippen molar-refractivity contribution in [1.82, 2.24) is 10.3 Å². The first-order valence-electron chi connectivity index (χ1n) is 6.73. The monoisotopic (exact) mass is 273 g/mol. The van der Waals surface area contributed by atoms with E-state index in [0.717, 1.165) is 19.6 Å². The molecule has 0 bridgehead atoms. The molecule has 20 heavy (non-hydrogen) atoms. The molecule has 2 unspecified atom stereocenters. The first-order chi connectivity index (χ1) is 9.69. The molecule has 7 heteroatoms. The van der Waals surface area contributed by atoms with Gasteiger partial charge < -0.3 is 10.2 Å². The summed E-state index contributed by atoms with van der Waals surface area (Å²) < 4.78 is 0. The highest BCUT2D eigenvalue weighted by atomic mass is 16.6. The van der Waals surface area contributed by atoms with Gasteiger partial charge in [-0.05, 0) is 31.4 Å². The molecule has 1 aromatic rings. The Morgan fingerprint density at radius 2 is 2.35 bits per heavy atom. The van der Waals surface area contributed by atoms with Gasteiger partial charge in [-0.2, -0.15) is 5.26 Å². The van der Waals surface area contributed by atoms with Gasteiger partial charge in [-0.15, -0.1) is 0 Å². The van der Waals surface area contributed by atoms with Crippen molar-refractivity contribution in [3.05, 3.63) is 27.9 Å². The van der Waals surface area contributed by atoms with Crippen molar-refractivity contribution in [2.45, 2.75) is 18.9 Å². The van der Waals surface area contributed by atoms with Crippen molar-refractivity contribution >= 4 is 11.5 Å². The van der Waals surface area contributed by atoms with Crippen LogP contribution in [0.1, 0.15) is 18.5 Å². The van der Waals surface area contributed by atoms with E-state index >= 15 is 0 Å². The summed E-state index contributed by atoms with van der Waals surface area (Å²) in [5, 5.41) is 23.3. The number of hydrogen-bond acceptors (Lipinski definition) is 6. The van der Waals surface area contributed by atoms with Gasteiger partial charge in [0.25, 0.3) is 0 Å². The van der Waals surface area contributed by atoms with Crippen LogP contribution in [0.3, 0.4) is 0 Å². The summed E-state index contributed by atoms with van der Waals surface area (Å²) in [6.45, 7) is 2.79. The number of pyridine rings is 1. The van der Waals surface area contributed by atoms with Gasteiger partial charge >= 0.3 is 5.69 Å². The summed E-state index contributed by atoms with van der Waals surface area (Å²) in [6, 6.07) is 5.28. The first kappa shape index (κ1) is 12.8. The SMILES string of the molecule is N#Cc1nc(N2CC3CCCNC3C2)ccc1[N+](=O)[O-]. The number of aromatic nitrogens is 1. The fourth-order valence-corrected chi connectivity index (χ4v) is 3.08. The van der Waals surface area contributed by atoms with Crippen LogP contribution in [0.25, 0.3) is 0 Å². The zero-order valence-corrected chi connectivity index (χ0v) is 11.0. The van der Waals surface area contributed by atoms with Crippen molar-refractivity contribution in [3.8, 4) is 6.07 Å². The number of anilines is 1. The van der Waals surface area contributed by atoms with Crippen molar-refractivity contribution in [1.29, 1.82) is 5.26 Å². The van der Waals surface area contributed by atoms with Crippen LogP contribution in [-0.4, -0.2) is 35.6 Å². The molecule has 2 aliphatic heterocycles. The number of nitrogens with zero attached hydrogens (tertiary/aromatic N) is 4. The fraction of sp³-hybridized carbons (Fsp3) is 0.538. The van der Waals surface area contributed by atoms with Gasteiger partial charge in [0.1, 0.15) is 11.9 Å². The number of nitriles is 1. The van der Waals surface area contributed by atoms with Gasteiger partial charge in [0, 0.05) is 25.2 Å². The third kappa shape index (κ3) is 2.18. The van der Waals surface area contributed by atoms with E-state index in [4.69, 9.17) is 5.26 Å². The Morgan fingerprint density at radius 3 is 3.05 bits per heavy atom. The average Bonchev–Trinajstić information content (AvgIpc) is 2.90. The van der Waals surface area contributed by atoms with Crippen LogP contribution in [0.2, 0.25) is 0 Å². The Labute approximate surface area is 116 Å². The highest BCUT2D eigenvalue weighted by Gasteiger charge is 2.35. The van der Waals surface area contributed by atoms with E-state index in [1.807, 2.05) is 6.07 Å². The third-order valence-electron chi connectivity index (χ3n) is 4.09. The van der Waals surface area contributed by atoms with Crippen LogP contribution in [0.4, 0.5) is 11.5 Å². The molecule has 0 aromatic carbocycles. The number of nitrogens with one attached hydrogen (secondary N) is 1. The smallest absolute Gasteiger partial charge is 0.305 e. The molecule has 1 N–H and O–H groups in total. The fourth-order valence-electron chi connectivity index (χ4n) is 3.08. The molecule has 2 aliphatic rings. The summed E-state index contributed by atoms with van der Waals surface area (Å²) in [7, 11) is 0. The molecular weight excluding hydrogens is 258 g/mol. The highest BCUT2D eigenvalue weighted by Crippen LogP contribution is 2.29. The highest BCUT2D eigenvalue weighted by molar-refractivity contribution is 5.52. The minimum Gasteiger partial charge on any atom is -0.355 e. The lowest BCUT2D eigenvalue weighted by molar-refractivity contribution is -0.385. The largest absolute Gasteiger partial charge is 0.355 e. The van der Waals surface area contributed by atoms with E-state index in [9.17, 15) is 10.1 Å². The number of fused-ring (bicyclic) bond motifs is 1. The minimum atomic E-state index is -0.569. The van der Waals surface area contributed by atoms with Crippen molar-refractivity contribution in [2.24, 2.45) is 5.92 Å². The van der Waals surface area contributed by atoms with Crippen LogP contribution in [0.15, 0.2) is 12.1 Å². The molecule has 7 nitrogen and oxygen atoms in total. The lowest BCUT2D eigenvalue weighted by Crippen LogP contribution is -2.40. The topological polar surface area (TPSA) is 95.1 Å². The van der Waals surface area contributed by atoms with Crippen LogP contribution in [0, 0.1) is 27.4 Å².